The van der Waals surface area contributed by atoms with Crippen molar-refractivity contribution in [3.8, 4) is 0 Å². The van der Waals surface area contributed by atoms with E-state index in [0.717, 1.165) is 12.8 Å². The second-order valence-electron chi connectivity index (χ2n) is 3.30. The van der Waals surface area contributed by atoms with Gasteiger partial charge in [-0.05, 0) is 12.8 Å². The van der Waals surface area contributed by atoms with Gasteiger partial charge in [-0.1, -0.05) is 0 Å². The zero-order valence-corrected chi connectivity index (χ0v) is 6.17. The topological polar surface area (TPSA) is 58.6 Å². The summed E-state index contributed by atoms with van der Waals surface area (Å²) in [7, 11) is 0. The Bertz CT molecular complexity index is 184. The molecule has 1 heterocycles. The summed E-state index contributed by atoms with van der Waals surface area (Å²) >= 11 is 0. The molecule has 2 rings (SSSR count). The molecule has 2 N–H and O–H groups in total. The summed E-state index contributed by atoms with van der Waals surface area (Å²) < 4.78 is 4.88. The second-order valence-corrected chi connectivity index (χ2v) is 3.30. The van der Waals surface area contributed by atoms with Crippen molar-refractivity contribution in [3.05, 3.63) is 0 Å². The Morgan fingerprint density at radius 2 is 2.18 bits per heavy atom. The highest BCUT2D eigenvalue weighted by Crippen LogP contribution is 2.26. The largest absolute Gasteiger partial charge is 0.480 e. The van der Waals surface area contributed by atoms with E-state index in [1.165, 1.54) is 0 Å². The summed E-state index contributed by atoms with van der Waals surface area (Å²) in [5.41, 5.74) is -0.749. The van der Waals surface area contributed by atoms with Gasteiger partial charge in [-0.2, -0.15) is 0 Å². The molecule has 2 fully saturated rings. The number of rotatable bonds is 3. The van der Waals surface area contributed by atoms with E-state index in [1.807, 2.05) is 0 Å². The van der Waals surface area contributed by atoms with Crippen molar-refractivity contribution in [2.24, 2.45) is 0 Å². The van der Waals surface area contributed by atoms with Crippen LogP contribution in [0.1, 0.15) is 12.8 Å². The van der Waals surface area contributed by atoms with Gasteiger partial charge in [-0.25, -0.2) is 0 Å². The predicted molar refractivity (Wildman–Crippen MR) is 37.3 cm³/mol. The van der Waals surface area contributed by atoms with Crippen molar-refractivity contribution >= 4 is 5.97 Å². The molecule has 0 aromatic heterocycles. The molecule has 0 radical (unpaired) electrons. The van der Waals surface area contributed by atoms with E-state index in [4.69, 9.17) is 9.84 Å². The fraction of sp³-hybridized carbons (Fsp3) is 0.857. The van der Waals surface area contributed by atoms with Gasteiger partial charge in [-0.15, -0.1) is 0 Å². The number of nitrogens with one attached hydrogen (secondary N) is 1. The van der Waals surface area contributed by atoms with E-state index < -0.39 is 11.5 Å². The molecule has 1 aliphatic heterocycles. The highest BCUT2D eigenvalue weighted by atomic mass is 16.5. The summed E-state index contributed by atoms with van der Waals surface area (Å²) in [4.78, 5) is 10.7. The number of carboxylic acids is 1. The van der Waals surface area contributed by atoms with Gasteiger partial charge in [0, 0.05) is 6.04 Å². The van der Waals surface area contributed by atoms with Crippen LogP contribution in [0.15, 0.2) is 0 Å². The average Bonchev–Trinajstić information content (AvgIpc) is 2.60. The lowest BCUT2D eigenvalue weighted by Gasteiger charge is -2.38. The molecule has 11 heavy (non-hydrogen) atoms. The minimum atomic E-state index is -0.782. The fourth-order valence-corrected chi connectivity index (χ4v) is 1.19. The van der Waals surface area contributed by atoms with Gasteiger partial charge in [0.1, 0.15) is 0 Å². The molecule has 1 saturated heterocycles. The molecule has 0 amide bonds. The van der Waals surface area contributed by atoms with Gasteiger partial charge < -0.3 is 9.84 Å². The zero-order chi connectivity index (χ0) is 7.90. The maximum atomic E-state index is 10.7. The second kappa shape index (κ2) is 2.19. The predicted octanol–water partition coefficient (Wildman–Crippen LogP) is -0.408. The molecular formula is C7H11NO3. The van der Waals surface area contributed by atoms with E-state index in [1.54, 1.807) is 0 Å². The molecule has 2 aliphatic rings. The first-order valence-electron chi connectivity index (χ1n) is 3.82. The van der Waals surface area contributed by atoms with Crippen LogP contribution in [0.4, 0.5) is 0 Å². The minimum absolute atomic E-state index is 0.318. The molecule has 1 aliphatic carbocycles. The average molecular weight is 157 g/mol. The summed E-state index contributed by atoms with van der Waals surface area (Å²) in [5.74, 6) is -0.782. The Labute approximate surface area is 64.5 Å². The Hall–Kier alpha value is -0.610. The molecule has 0 aromatic rings. The van der Waals surface area contributed by atoms with Crippen LogP contribution in [-0.2, 0) is 9.53 Å². The summed E-state index contributed by atoms with van der Waals surface area (Å²) in [6.07, 6.45) is 2.21. The standard InChI is InChI=1S/C7H11NO3/c9-6(10)7(3-11-4-7)8-5-1-2-5/h5,8H,1-4H2,(H,9,10). The first-order chi connectivity index (χ1) is 5.23. The lowest BCUT2D eigenvalue weighted by molar-refractivity contribution is -0.166. The highest BCUT2D eigenvalue weighted by molar-refractivity contribution is 5.80. The van der Waals surface area contributed by atoms with Crippen LogP contribution in [0.5, 0.6) is 0 Å². The SMILES string of the molecule is O=C(O)C1(NC2CC2)COC1. The van der Waals surface area contributed by atoms with Crippen molar-refractivity contribution in [1.29, 1.82) is 0 Å². The maximum Gasteiger partial charge on any atom is 0.328 e. The van der Waals surface area contributed by atoms with E-state index in [0.29, 0.717) is 19.3 Å². The van der Waals surface area contributed by atoms with Crippen LogP contribution in [0.25, 0.3) is 0 Å². The molecule has 62 valence electrons. The third-order valence-electron chi connectivity index (χ3n) is 2.16. The number of ether oxygens (including phenoxy) is 1. The van der Waals surface area contributed by atoms with Gasteiger partial charge in [-0.3, -0.25) is 10.1 Å². The van der Waals surface area contributed by atoms with Crippen molar-refractivity contribution in [3.63, 3.8) is 0 Å². The van der Waals surface area contributed by atoms with Crippen molar-refractivity contribution in [2.45, 2.75) is 24.4 Å². The molecule has 0 atom stereocenters. The summed E-state index contributed by atoms with van der Waals surface area (Å²) in [5, 5.41) is 11.9. The normalized spacial score (nSPS) is 27.6. The van der Waals surface area contributed by atoms with Crippen LogP contribution in [0, 0.1) is 0 Å². The van der Waals surface area contributed by atoms with Crippen LogP contribution in [0.3, 0.4) is 0 Å². The fourth-order valence-electron chi connectivity index (χ4n) is 1.19. The molecule has 1 saturated carbocycles. The molecule has 0 aromatic carbocycles. The molecule has 0 unspecified atom stereocenters. The van der Waals surface area contributed by atoms with E-state index in [9.17, 15) is 4.79 Å². The maximum absolute atomic E-state index is 10.7. The quantitative estimate of drug-likeness (QED) is 0.584. The van der Waals surface area contributed by atoms with Crippen molar-refractivity contribution < 1.29 is 14.6 Å². The van der Waals surface area contributed by atoms with Gasteiger partial charge in [0.05, 0.1) is 13.2 Å². The third-order valence-corrected chi connectivity index (χ3v) is 2.16. The smallest absolute Gasteiger partial charge is 0.328 e. The molecule has 4 heteroatoms. The van der Waals surface area contributed by atoms with Crippen molar-refractivity contribution in [2.75, 3.05) is 13.2 Å². The first kappa shape index (κ1) is 7.06. The number of hydrogen-bond acceptors (Lipinski definition) is 3. The van der Waals surface area contributed by atoms with E-state index in [-0.39, 0.29) is 0 Å². The number of carbonyl (C=O) groups is 1. The monoisotopic (exact) mass is 157 g/mol. The van der Waals surface area contributed by atoms with Crippen LogP contribution >= 0.6 is 0 Å². The van der Waals surface area contributed by atoms with Gasteiger partial charge >= 0.3 is 5.97 Å². The molecular weight excluding hydrogens is 146 g/mol. The third kappa shape index (κ3) is 1.12. The summed E-state index contributed by atoms with van der Waals surface area (Å²) in [6, 6.07) is 0.426. The molecule has 0 spiro atoms. The number of carboxylic acid groups (broad SMARTS) is 1. The first-order valence-corrected chi connectivity index (χ1v) is 3.82. The number of aliphatic carboxylic acids is 1. The highest BCUT2D eigenvalue weighted by Gasteiger charge is 2.48. The Kier molecular flexibility index (Phi) is 1.40. The Balaban J connectivity index is 1.97. The van der Waals surface area contributed by atoms with Crippen molar-refractivity contribution in [1.82, 2.24) is 5.32 Å². The minimum Gasteiger partial charge on any atom is -0.480 e. The lowest BCUT2D eigenvalue weighted by Crippen LogP contribution is -2.66. The van der Waals surface area contributed by atoms with Crippen LogP contribution in [-0.4, -0.2) is 35.9 Å². The zero-order valence-electron chi connectivity index (χ0n) is 6.17. The Morgan fingerprint density at radius 3 is 2.45 bits per heavy atom. The van der Waals surface area contributed by atoms with Crippen LogP contribution < -0.4 is 5.32 Å². The van der Waals surface area contributed by atoms with Crippen LogP contribution in [0.2, 0.25) is 0 Å². The lowest BCUT2D eigenvalue weighted by atomic mass is 9.98. The molecule has 0 bridgehead atoms. The van der Waals surface area contributed by atoms with E-state index >= 15 is 0 Å². The summed E-state index contributed by atoms with van der Waals surface area (Å²) in [6.45, 7) is 0.637. The van der Waals surface area contributed by atoms with Gasteiger partial charge in [0.25, 0.3) is 0 Å². The Morgan fingerprint density at radius 1 is 1.55 bits per heavy atom. The van der Waals surface area contributed by atoms with E-state index in [2.05, 4.69) is 5.32 Å². The number of hydrogen-bond donors (Lipinski definition) is 2. The van der Waals surface area contributed by atoms with Gasteiger partial charge in [0.2, 0.25) is 0 Å². The van der Waals surface area contributed by atoms with Gasteiger partial charge in [0.15, 0.2) is 5.54 Å². The molecule has 4 nitrogen and oxygen atoms in total.